The van der Waals surface area contributed by atoms with Crippen molar-refractivity contribution in [2.45, 2.75) is 26.7 Å². The zero-order valence-electron chi connectivity index (χ0n) is 13.2. The Morgan fingerprint density at radius 2 is 2.05 bits per heavy atom. The van der Waals surface area contributed by atoms with E-state index >= 15 is 0 Å². The van der Waals surface area contributed by atoms with Gasteiger partial charge in [0.15, 0.2) is 0 Å². The topological polar surface area (TPSA) is 58.6 Å². The average molecular weight is 292 g/mol. The number of anilines is 1. The smallest absolute Gasteiger partial charge is 0.337 e. The third-order valence-electron chi connectivity index (χ3n) is 3.24. The van der Waals surface area contributed by atoms with E-state index in [1.54, 1.807) is 18.2 Å². The van der Waals surface area contributed by atoms with Crippen molar-refractivity contribution in [2.75, 3.05) is 32.6 Å². The monoisotopic (exact) mass is 292 g/mol. The van der Waals surface area contributed by atoms with Gasteiger partial charge in [0.1, 0.15) is 0 Å². The molecule has 0 aromatic heterocycles. The maximum absolute atomic E-state index is 12.0. The van der Waals surface area contributed by atoms with Gasteiger partial charge >= 0.3 is 5.97 Å². The fourth-order valence-corrected chi connectivity index (χ4v) is 1.94. The molecule has 1 aromatic rings. The normalized spacial score (nSPS) is 10.5. The van der Waals surface area contributed by atoms with Gasteiger partial charge in [0.05, 0.1) is 19.2 Å². The number of amides is 1. The first kappa shape index (κ1) is 17.2. The number of methoxy groups -OCH3 is 1. The first-order valence-corrected chi connectivity index (χ1v) is 7.15. The molecule has 0 aliphatic carbocycles. The summed E-state index contributed by atoms with van der Waals surface area (Å²) in [7, 11) is 3.26. The molecule has 0 aliphatic heterocycles. The zero-order valence-corrected chi connectivity index (χ0v) is 13.2. The molecule has 5 nitrogen and oxygen atoms in total. The molecule has 0 heterocycles. The van der Waals surface area contributed by atoms with Crippen molar-refractivity contribution in [3.8, 4) is 0 Å². The van der Waals surface area contributed by atoms with Crippen molar-refractivity contribution in [1.29, 1.82) is 0 Å². The number of benzene rings is 1. The molecule has 0 fully saturated rings. The van der Waals surface area contributed by atoms with Gasteiger partial charge in [-0.05, 0) is 44.6 Å². The predicted octanol–water partition coefficient (Wildman–Crippen LogP) is 2.45. The van der Waals surface area contributed by atoms with Crippen LogP contribution in [0.4, 0.5) is 5.69 Å². The number of nitrogens with one attached hydrogen (secondary N) is 1. The van der Waals surface area contributed by atoms with Crippen LogP contribution in [0.5, 0.6) is 0 Å². The van der Waals surface area contributed by atoms with Gasteiger partial charge in [-0.25, -0.2) is 4.79 Å². The summed E-state index contributed by atoms with van der Waals surface area (Å²) >= 11 is 0. The summed E-state index contributed by atoms with van der Waals surface area (Å²) < 4.78 is 4.69. The van der Waals surface area contributed by atoms with Crippen molar-refractivity contribution in [1.82, 2.24) is 4.90 Å². The second-order valence-electron chi connectivity index (χ2n) is 5.16. The summed E-state index contributed by atoms with van der Waals surface area (Å²) in [5.41, 5.74) is 1.98. The maximum Gasteiger partial charge on any atom is 0.337 e. The van der Waals surface area contributed by atoms with E-state index in [2.05, 4.69) is 17.0 Å². The number of esters is 1. The molecule has 21 heavy (non-hydrogen) atoms. The third-order valence-corrected chi connectivity index (χ3v) is 3.24. The number of likely N-dealkylation sites (N-methyl/N-ethyl adjacent to an activating group) is 1. The van der Waals surface area contributed by atoms with Gasteiger partial charge in [0.2, 0.25) is 5.91 Å². The molecule has 0 saturated carbocycles. The molecule has 1 amide bonds. The molecule has 116 valence electrons. The van der Waals surface area contributed by atoms with E-state index in [0.717, 1.165) is 24.9 Å². The van der Waals surface area contributed by atoms with E-state index in [9.17, 15) is 9.59 Å². The second kappa shape index (κ2) is 8.42. The van der Waals surface area contributed by atoms with Crippen LogP contribution < -0.4 is 5.32 Å². The lowest BCUT2D eigenvalue weighted by molar-refractivity contribution is -0.117. The van der Waals surface area contributed by atoms with Crippen LogP contribution in [0.2, 0.25) is 0 Å². The van der Waals surface area contributed by atoms with Gasteiger partial charge in [0.25, 0.3) is 0 Å². The second-order valence-corrected chi connectivity index (χ2v) is 5.16. The Hall–Kier alpha value is -1.88. The molecule has 0 aliphatic rings. The first-order valence-electron chi connectivity index (χ1n) is 7.15. The molecule has 0 atom stereocenters. The fraction of sp³-hybridized carbons (Fsp3) is 0.500. The van der Waals surface area contributed by atoms with Crippen LogP contribution in [0.25, 0.3) is 0 Å². The van der Waals surface area contributed by atoms with Gasteiger partial charge in [-0.15, -0.1) is 0 Å². The van der Waals surface area contributed by atoms with E-state index in [0.29, 0.717) is 17.8 Å². The number of nitrogens with zero attached hydrogens (tertiary/aromatic N) is 1. The highest BCUT2D eigenvalue weighted by Crippen LogP contribution is 2.17. The summed E-state index contributed by atoms with van der Waals surface area (Å²) in [5, 5.41) is 2.85. The highest BCUT2D eigenvalue weighted by atomic mass is 16.5. The minimum absolute atomic E-state index is 0.0845. The van der Waals surface area contributed by atoms with Crippen LogP contribution in [-0.4, -0.2) is 44.0 Å². The highest BCUT2D eigenvalue weighted by molar-refractivity contribution is 5.96. The Morgan fingerprint density at radius 1 is 1.33 bits per heavy atom. The Labute approximate surface area is 126 Å². The average Bonchev–Trinajstić information content (AvgIpc) is 2.46. The van der Waals surface area contributed by atoms with Gasteiger partial charge in [-0.3, -0.25) is 9.69 Å². The largest absolute Gasteiger partial charge is 0.465 e. The van der Waals surface area contributed by atoms with Crippen molar-refractivity contribution in [3.63, 3.8) is 0 Å². The lowest BCUT2D eigenvalue weighted by Gasteiger charge is -2.16. The first-order chi connectivity index (χ1) is 9.97. The number of carbonyl (C=O) groups excluding carboxylic acids is 2. The number of ether oxygens (including phenoxy) is 1. The molecule has 1 aromatic carbocycles. The Bertz CT molecular complexity index is 500. The molecule has 0 radical (unpaired) electrons. The summed E-state index contributed by atoms with van der Waals surface area (Å²) in [6.07, 6.45) is 2.17. The Morgan fingerprint density at radius 3 is 2.67 bits per heavy atom. The standard InChI is InChI=1S/C16H24N2O3/c1-5-6-9-18(3)11-15(19)17-14-10-13(16(20)21-4)8-7-12(14)2/h7-8,10H,5-6,9,11H2,1-4H3,(H,17,19). The lowest BCUT2D eigenvalue weighted by atomic mass is 10.1. The van der Waals surface area contributed by atoms with Gasteiger partial charge in [0, 0.05) is 5.69 Å². The van der Waals surface area contributed by atoms with Gasteiger partial charge < -0.3 is 10.1 Å². The quantitative estimate of drug-likeness (QED) is 0.784. The number of hydrogen-bond acceptors (Lipinski definition) is 4. The van der Waals surface area contributed by atoms with Crippen LogP contribution in [0.3, 0.4) is 0 Å². The summed E-state index contributed by atoms with van der Waals surface area (Å²) in [6, 6.07) is 5.12. The Kier molecular flexibility index (Phi) is 6.88. The molecular weight excluding hydrogens is 268 g/mol. The van der Waals surface area contributed by atoms with Crippen LogP contribution in [-0.2, 0) is 9.53 Å². The molecule has 5 heteroatoms. The number of unbranched alkanes of at least 4 members (excludes halogenated alkanes) is 1. The third kappa shape index (κ3) is 5.55. The summed E-state index contributed by atoms with van der Waals surface area (Å²) in [5.74, 6) is -0.496. The number of carbonyl (C=O) groups is 2. The summed E-state index contributed by atoms with van der Waals surface area (Å²) in [6.45, 7) is 5.24. The van der Waals surface area contributed by atoms with E-state index < -0.39 is 5.97 Å². The SMILES string of the molecule is CCCCN(C)CC(=O)Nc1cc(C(=O)OC)ccc1C. The van der Waals surface area contributed by atoms with E-state index in [1.807, 2.05) is 18.9 Å². The van der Waals surface area contributed by atoms with Crippen molar-refractivity contribution in [2.24, 2.45) is 0 Å². The van der Waals surface area contributed by atoms with Crippen LogP contribution in [0, 0.1) is 6.92 Å². The molecular formula is C16H24N2O3. The molecule has 0 saturated heterocycles. The predicted molar refractivity (Wildman–Crippen MR) is 83.6 cm³/mol. The number of aryl methyl sites for hydroxylation is 1. The highest BCUT2D eigenvalue weighted by Gasteiger charge is 2.11. The van der Waals surface area contributed by atoms with Crippen molar-refractivity contribution < 1.29 is 14.3 Å². The van der Waals surface area contributed by atoms with Crippen LogP contribution in [0.1, 0.15) is 35.7 Å². The van der Waals surface area contributed by atoms with Gasteiger partial charge in [-0.2, -0.15) is 0 Å². The van der Waals surface area contributed by atoms with Crippen molar-refractivity contribution >= 4 is 17.6 Å². The van der Waals surface area contributed by atoms with Crippen molar-refractivity contribution in [3.05, 3.63) is 29.3 Å². The van der Waals surface area contributed by atoms with Crippen LogP contribution >= 0.6 is 0 Å². The van der Waals surface area contributed by atoms with Gasteiger partial charge in [-0.1, -0.05) is 19.4 Å². The molecule has 0 spiro atoms. The fourth-order valence-electron chi connectivity index (χ4n) is 1.94. The van der Waals surface area contributed by atoms with Crippen LogP contribution in [0.15, 0.2) is 18.2 Å². The molecule has 1 N–H and O–H groups in total. The van der Waals surface area contributed by atoms with E-state index in [-0.39, 0.29) is 5.91 Å². The van der Waals surface area contributed by atoms with E-state index in [1.165, 1.54) is 7.11 Å². The molecule has 0 bridgehead atoms. The Balaban J connectivity index is 2.69. The lowest BCUT2D eigenvalue weighted by Crippen LogP contribution is -2.31. The maximum atomic E-state index is 12.0. The molecule has 0 unspecified atom stereocenters. The molecule has 1 rings (SSSR count). The minimum Gasteiger partial charge on any atom is -0.465 e. The minimum atomic E-state index is -0.412. The number of hydrogen-bond donors (Lipinski definition) is 1. The number of rotatable bonds is 7. The zero-order chi connectivity index (χ0) is 15.8. The summed E-state index contributed by atoms with van der Waals surface area (Å²) in [4.78, 5) is 25.5. The van der Waals surface area contributed by atoms with E-state index in [4.69, 9.17) is 0 Å².